The number of nitrogens with two attached hydrogens (primary N) is 1. The Morgan fingerprint density at radius 2 is 1.88 bits per heavy atom. The van der Waals surface area contributed by atoms with Gasteiger partial charge in [-0.1, -0.05) is 18.2 Å². The highest BCUT2D eigenvalue weighted by Crippen LogP contribution is 2.23. The summed E-state index contributed by atoms with van der Waals surface area (Å²) in [7, 11) is 1.97. The summed E-state index contributed by atoms with van der Waals surface area (Å²) in [4.78, 5) is 21.1. The largest absolute Gasteiger partial charge is 0.339 e. The van der Waals surface area contributed by atoms with Gasteiger partial charge in [0.2, 0.25) is 0 Å². The van der Waals surface area contributed by atoms with Gasteiger partial charge >= 0.3 is 0 Å². The number of anilines is 2. The molecule has 1 unspecified atom stereocenters. The second-order valence-corrected chi connectivity index (χ2v) is 6.79. The first-order valence-electron chi connectivity index (χ1n) is 8.86. The predicted molar refractivity (Wildman–Crippen MR) is 101 cm³/mol. The SMILES string of the molecule is CC(N)C1CCN(C(=O)c2ccc(N(C)c3ccccc3)nc2)CC1. The molecule has 1 saturated heterocycles. The number of hydrogen-bond acceptors (Lipinski definition) is 4. The Morgan fingerprint density at radius 3 is 2.44 bits per heavy atom. The summed E-state index contributed by atoms with van der Waals surface area (Å²) in [5, 5.41) is 0. The Morgan fingerprint density at radius 1 is 1.20 bits per heavy atom. The second kappa shape index (κ2) is 7.66. The van der Waals surface area contributed by atoms with Gasteiger partial charge in [0.1, 0.15) is 5.82 Å². The van der Waals surface area contributed by atoms with Crippen LogP contribution in [-0.2, 0) is 0 Å². The van der Waals surface area contributed by atoms with Gasteiger partial charge in [0.05, 0.1) is 5.56 Å². The normalized spacial score (nSPS) is 16.5. The minimum absolute atomic E-state index is 0.0598. The highest BCUT2D eigenvalue weighted by atomic mass is 16.2. The van der Waals surface area contributed by atoms with Crippen molar-refractivity contribution < 1.29 is 4.79 Å². The van der Waals surface area contributed by atoms with Gasteiger partial charge in [-0.3, -0.25) is 4.79 Å². The lowest BCUT2D eigenvalue weighted by Gasteiger charge is -2.33. The number of benzene rings is 1. The summed E-state index contributed by atoms with van der Waals surface area (Å²) < 4.78 is 0. The van der Waals surface area contributed by atoms with Crippen LogP contribution in [0.2, 0.25) is 0 Å². The van der Waals surface area contributed by atoms with Gasteiger partial charge < -0.3 is 15.5 Å². The average Bonchev–Trinajstić information content (AvgIpc) is 2.67. The molecule has 2 heterocycles. The molecule has 1 aliphatic rings. The Balaban J connectivity index is 1.65. The van der Waals surface area contributed by atoms with Crippen molar-refractivity contribution in [3.63, 3.8) is 0 Å². The van der Waals surface area contributed by atoms with Gasteiger partial charge in [-0.2, -0.15) is 0 Å². The van der Waals surface area contributed by atoms with Crippen molar-refractivity contribution in [1.82, 2.24) is 9.88 Å². The van der Waals surface area contributed by atoms with Crippen LogP contribution in [0.15, 0.2) is 48.7 Å². The zero-order chi connectivity index (χ0) is 17.8. The topological polar surface area (TPSA) is 62.5 Å². The smallest absolute Gasteiger partial charge is 0.255 e. The molecular formula is C20H26N4O. The van der Waals surface area contributed by atoms with E-state index < -0.39 is 0 Å². The Bertz CT molecular complexity index is 691. The quantitative estimate of drug-likeness (QED) is 0.931. The molecule has 5 nitrogen and oxygen atoms in total. The van der Waals surface area contributed by atoms with Gasteiger partial charge in [-0.15, -0.1) is 0 Å². The molecule has 3 rings (SSSR count). The minimum Gasteiger partial charge on any atom is -0.339 e. The number of amides is 1. The van der Waals surface area contributed by atoms with Crippen LogP contribution in [0.25, 0.3) is 0 Å². The first kappa shape index (κ1) is 17.4. The molecule has 1 fully saturated rings. The number of piperidine rings is 1. The van der Waals surface area contributed by atoms with Gasteiger partial charge in [0.15, 0.2) is 0 Å². The first-order chi connectivity index (χ1) is 12.1. The van der Waals surface area contributed by atoms with Crippen LogP contribution >= 0.6 is 0 Å². The molecule has 0 radical (unpaired) electrons. The molecule has 0 bridgehead atoms. The van der Waals surface area contributed by atoms with Crippen molar-refractivity contribution in [3.8, 4) is 0 Å². The van der Waals surface area contributed by atoms with E-state index in [9.17, 15) is 4.79 Å². The third-order valence-electron chi connectivity index (χ3n) is 5.05. The molecule has 1 aromatic heterocycles. The minimum atomic E-state index is 0.0598. The number of aromatic nitrogens is 1. The highest BCUT2D eigenvalue weighted by Gasteiger charge is 2.25. The summed E-state index contributed by atoms with van der Waals surface area (Å²) in [5.41, 5.74) is 7.68. The first-order valence-corrected chi connectivity index (χ1v) is 8.86. The van der Waals surface area contributed by atoms with E-state index in [1.165, 1.54) is 0 Å². The highest BCUT2D eigenvalue weighted by molar-refractivity contribution is 5.94. The summed E-state index contributed by atoms with van der Waals surface area (Å²) in [6.45, 7) is 3.60. The summed E-state index contributed by atoms with van der Waals surface area (Å²) in [6, 6.07) is 14.0. The maximum absolute atomic E-state index is 12.7. The van der Waals surface area contributed by atoms with Crippen LogP contribution < -0.4 is 10.6 Å². The van der Waals surface area contributed by atoms with Gasteiger partial charge in [0, 0.05) is 38.1 Å². The molecule has 1 aliphatic heterocycles. The van der Waals surface area contributed by atoms with E-state index >= 15 is 0 Å². The lowest BCUT2D eigenvalue weighted by Crippen LogP contribution is -2.42. The standard InChI is InChI=1S/C20H26N4O/c1-15(21)16-10-12-24(13-11-16)20(25)17-8-9-19(22-14-17)23(2)18-6-4-3-5-7-18/h3-9,14-16H,10-13,21H2,1-2H3. The van der Waals surface area contributed by atoms with Crippen LogP contribution in [0.1, 0.15) is 30.1 Å². The van der Waals surface area contributed by atoms with Crippen LogP contribution in [-0.4, -0.2) is 42.0 Å². The predicted octanol–water partition coefficient (Wildman–Crippen LogP) is 3.05. The number of pyridine rings is 1. The fourth-order valence-electron chi connectivity index (χ4n) is 3.31. The van der Waals surface area contributed by atoms with Crippen LogP contribution in [0.5, 0.6) is 0 Å². The molecule has 0 aliphatic carbocycles. The maximum atomic E-state index is 12.7. The van der Waals surface area contributed by atoms with E-state index in [-0.39, 0.29) is 11.9 Å². The van der Waals surface area contributed by atoms with Crippen molar-refractivity contribution in [3.05, 3.63) is 54.2 Å². The van der Waals surface area contributed by atoms with E-state index in [4.69, 9.17) is 5.73 Å². The van der Waals surface area contributed by atoms with Crippen molar-refractivity contribution in [2.45, 2.75) is 25.8 Å². The van der Waals surface area contributed by atoms with E-state index in [1.54, 1.807) is 6.20 Å². The zero-order valence-electron chi connectivity index (χ0n) is 14.9. The third-order valence-corrected chi connectivity index (χ3v) is 5.05. The lowest BCUT2D eigenvalue weighted by atomic mass is 9.91. The van der Waals surface area contributed by atoms with Gasteiger partial charge in [-0.25, -0.2) is 4.98 Å². The van der Waals surface area contributed by atoms with Crippen LogP contribution in [0.4, 0.5) is 11.5 Å². The van der Waals surface area contributed by atoms with E-state index in [2.05, 4.69) is 4.98 Å². The fourth-order valence-corrected chi connectivity index (χ4v) is 3.31. The molecule has 132 valence electrons. The Labute approximate surface area is 149 Å². The molecule has 25 heavy (non-hydrogen) atoms. The molecule has 1 aromatic carbocycles. The number of hydrogen-bond donors (Lipinski definition) is 1. The molecule has 0 saturated carbocycles. The molecule has 1 amide bonds. The van der Waals surface area contributed by atoms with Crippen molar-refractivity contribution >= 4 is 17.4 Å². The van der Waals surface area contributed by atoms with Crippen molar-refractivity contribution in [1.29, 1.82) is 0 Å². The number of carbonyl (C=O) groups is 1. The van der Waals surface area contributed by atoms with Gasteiger partial charge in [-0.05, 0) is 49.9 Å². The second-order valence-electron chi connectivity index (χ2n) is 6.79. The monoisotopic (exact) mass is 338 g/mol. The Hall–Kier alpha value is -2.40. The Kier molecular flexibility index (Phi) is 5.34. The molecule has 2 N–H and O–H groups in total. The molecule has 0 spiro atoms. The fraction of sp³-hybridized carbons (Fsp3) is 0.400. The zero-order valence-corrected chi connectivity index (χ0v) is 14.9. The van der Waals surface area contributed by atoms with Crippen LogP contribution in [0.3, 0.4) is 0 Å². The summed E-state index contributed by atoms with van der Waals surface area (Å²) in [6.07, 6.45) is 3.63. The van der Waals surface area contributed by atoms with Crippen molar-refractivity contribution in [2.24, 2.45) is 11.7 Å². The number of carbonyl (C=O) groups excluding carboxylic acids is 1. The van der Waals surface area contributed by atoms with E-state index in [0.29, 0.717) is 11.5 Å². The third kappa shape index (κ3) is 3.99. The molecule has 2 aromatic rings. The number of para-hydroxylation sites is 1. The number of nitrogens with zero attached hydrogens (tertiary/aromatic N) is 3. The molecule has 1 atom stereocenters. The number of likely N-dealkylation sites (tertiary alicyclic amines) is 1. The average molecular weight is 338 g/mol. The van der Waals surface area contributed by atoms with Crippen molar-refractivity contribution in [2.75, 3.05) is 25.0 Å². The maximum Gasteiger partial charge on any atom is 0.255 e. The number of rotatable bonds is 4. The summed E-state index contributed by atoms with van der Waals surface area (Å²) >= 11 is 0. The lowest BCUT2D eigenvalue weighted by molar-refractivity contribution is 0.0680. The van der Waals surface area contributed by atoms with E-state index in [0.717, 1.165) is 37.4 Å². The summed E-state index contributed by atoms with van der Waals surface area (Å²) in [5.74, 6) is 1.40. The molecular weight excluding hydrogens is 312 g/mol. The molecule has 5 heteroatoms. The van der Waals surface area contributed by atoms with E-state index in [1.807, 2.05) is 66.2 Å². The van der Waals surface area contributed by atoms with Crippen LogP contribution in [0, 0.1) is 5.92 Å². The van der Waals surface area contributed by atoms with Gasteiger partial charge in [0.25, 0.3) is 5.91 Å².